The van der Waals surface area contributed by atoms with Gasteiger partial charge < -0.3 is 40.1 Å². The number of ether oxygens (including phenoxy) is 4. The molecule has 3 unspecified atom stereocenters. The highest BCUT2D eigenvalue weighted by Gasteiger charge is 2.55. The van der Waals surface area contributed by atoms with Crippen molar-refractivity contribution < 1.29 is 28.4 Å². The summed E-state index contributed by atoms with van der Waals surface area (Å²) < 4.78 is 41.5. The van der Waals surface area contributed by atoms with E-state index in [-0.39, 0.29) is 58.7 Å². The van der Waals surface area contributed by atoms with Crippen LogP contribution in [0.1, 0.15) is 94.6 Å². The van der Waals surface area contributed by atoms with Gasteiger partial charge in [-0.1, -0.05) is 18.0 Å². The van der Waals surface area contributed by atoms with Crippen LogP contribution in [0, 0.1) is 22.1 Å². The van der Waals surface area contributed by atoms with Gasteiger partial charge in [-0.15, -0.1) is 0 Å². The van der Waals surface area contributed by atoms with Gasteiger partial charge in [-0.2, -0.15) is 9.97 Å². The molecule has 3 saturated heterocycles. The maximum atomic E-state index is 17.5. The lowest BCUT2D eigenvalue weighted by Gasteiger charge is -2.58. The zero-order valence-electron chi connectivity index (χ0n) is 32.0. The van der Waals surface area contributed by atoms with Gasteiger partial charge >= 0.3 is 6.01 Å². The molecule has 5 heterocycles. The molecule has 1 aromatic carbocycles. The molecule has 55 heavy (non-hydrogen) atoms. The number of nitrogens with two attached hydrogens (primary N) is 1. The van der Waals surface area contributed by atoms with Gasteiger partial charge in [0.1, 0.15) is 28.0 Å². The number of benzene rings is 1. The number of hydrogen-bond donors (Lipinski definition) is 3. The Balaban J connectivity index is 1.12. The van der Waals surface area contributed by atoms with Crippen LogP contribution in [0.25, 0.3) is 22.2 Å². The highest BCUT2D eigenvalue weighted by molar-refractivity contribution is 6.32. The Morgan fingerprint density at radius 1 is 1.07 bits per heavy atom. The number of nitrogens with one attached hydrogen (secondary N) is 1. The Kier molecular flexibility index (Phi) is 9.63. The van der Waals surface area contributed by atoms with Crippen molar-refractivity contribution in [1.29, 1.82) is 5.41 Å². The number of β-amino-alcohol motifs (C(OH)–C–C–N with tert-alkyl or cyclic N) is 1. The topological polar surface area (TPSA) is 152 Å². The molecule has 296 valence electrons. The van der Waals surface area contributed by atoms with Crippen molar-refractivity contribution in [3.8, 4) is 23.1 Å². The minimum atomic E-state index is -1.20. The van der Waals surface area contributed by atoms with Crippen molar-refractivity contribution in [2.75, 3.05) is 70.4 Å². The Labute approximate surface area is 326 Å². The van der Waals surface area contributed by atoms with E-state index in [0.29, 0.717) is 59.2 Å². The molecule has 0 radical (unpaired) electrons. The van der Waals surface area contributed by atoms with Crippen molar-refractivity contribution in [2.24, 2.45) is 10.8 Å². The normalized spacial score (nSPS) is 28.5. The van der Waals surface area contributed by atoms with E-state index in [1.807, 2.05) is 4.90 Å². The van der Waals surface area contributed by atoms with Gasteiger partial charge in [0.25, 0.3) is 0 Å². The van der Waals surface area contributed by atoms with Crippen molar-refractivity contribution in [1.82, 2.24) is 19.9 Å². The Bertz CT molecular complexity index is 1980. The smallest absolute Gasteiger partial charge is 0.319 e. The lowest BCUT2D eigenvalue weighted by molar-refractivity contribution is -0.112. The number of rotatable bonds is 9. The second kappa shape index (κ2) is 14.2. The van der Waals surface area contributed by atoms with E-state index in [4.69, 9.17) is 56.6 Å². The number of piperidine rings is 1. The molecule has 4 N–H and O–H groups in total. The first-order chi connectivity index (χ1) is 26.5. The summed E-state index contributed by atoms with van der Waals surface area (Å²) in [5, 5.41) is 20.2. The number of aliphatic hydroxyl groups is 1. The summed E-state index contributed by atoms with van der Waals surface area (Å²) in [4.78, 5) is 19.2. The number of nitrogen functional groups attached to an aromatic ring is 1. The fourth-order valence-corrected chi connectivity index (χ4v) is 11.1. The number of anilines is 2. The molecule has 3 atom stereocenters. The number of methoxy groups -OCH3 is 1. The molecule has 0 amide bonds. The fourth-order valence-electron chi connectivity index (χ4n) is 10.7. The molecule has 12 nitrogen and oxygen atoms in total. The van der Waals surface area contributed by atoms with Gasteiger partial charge in [-0.25, -0.2) is 9.37 Å². The summed E-state index contributed by atoms with van der Waals surface area (Å²) in [6.07, 6.45) is 13.3. The Morgan fingerprint density at radius 2 is 1.85 bits per heavy atom. The van der Waals surface area contributed by atoms with Gasteiger partial charge in [-0.3, -0.25) is 4.90 Å². The molecule has 3 aliphatic heterocycles. The fraction of sp³-hybridized carbons (Fsp3) is 0.659. The lowest BCUT2D eigenvalue weighted by Crippen LogP contribution is -2.61. The minimum Gasteiger partial charge on any atom is -0.480 e. The van der Waals surface area contributed by atoms with E-state index >= 15 is 4.39 Å². The number of pyridine rings is 1. The third kappa shape index (κ3) is 6.61. The number of likely N-dealkylation sites (tertiary alicyclic amines) is 1. The molecule has 6 fully saturated rings. The maximum absolute atomic E-state index is 17.5. The second-order valence-electron chi connectivity index (χ2n) is 17.5. The van der Waals surface area contributed by atoms with Crippen LogP contribution >= 0.6 is 11.6 Å². The number of hydrogen-bond acceptors (Lipinski definition) is 12. The molecule has 6 aliphatic rings. The second-order valence-corrected chi connectivity index (χ2v) is 17.9. The van der Waals surface area contributed by atoms with Crippen LogP contribution in [-0.4, -0.2) is 109 Å². The van der Waals surface area contributed by atoms with Gasteiger partial charge in [0.05, 0.1) is 33.5 Å². The summed E-state index contributed by atoms with van der Waals surface area (Å²) in [7, 11) is 1.48. The first-order valence-electron chi connectivity index (χ1n) is 20.1. The molecule has 14 heteroatoms. The summed E-state index contributed by atoms with van der Waals surface area (Å²) in [6.45, 7) is 6.06. The van der Waals surface area contributed by atoms with Crippen LogP contribution in [0.5, 0.6) is 11.9 Å². The van der Waals surface area contributed by atoms with Crippen molar-refractivity contribution >= 4 is 40.2 Å². The SMILES string of the molecule is COc1nc(-c2c(C=N)c(N)cc(Cl)c2C2CC2)c(F)c2nc(OCC34CCCC3N(C3CC5(CCOCC5)C3)CCC4)nc(N3CCOCC(C)(O)C3)c12. The highest BCUT2D eigenvalue weighted by Crippen LogP contribution is 2.56. The van der Waals surface area contributed by atoms with E-state index < -0.39 is 11.4 Å². The zero-order valence-corrected chi connectivity index (χ0v) is 32.7. The van der Waals surface area contributed by atoms with Gasteiger partial charge in [0, 0.05) is 65.3 Å². The van der Waals surface area contributed by atoms with Crippen LogP contribution in [0.3, 0.4) is 0 Å². The van der Waals surface area contributed by atoms with Crippen molar-refractivity contribution in [2.45, 2.75) is 101 Å². The van der Waals surface area contributed by atoms with E-state index in [1.165, 1.54) is 32.8 Å². The van der Waals surface area contributed by atoms with E-state index in [9.17, 15) is 5.11 Å². The molecule has 9 rings (SSSR count). The molecule has 3 aliphatic carbocycles. The first-order valence-corrected chi connectivity index (χ1v) is 20.5. The molecule has 1 spiro atoms. The predicted octanol–water partition coefficient (Wildman–Crippen LogP) is 6.51. The monoisotopic (exact) mass is 777 g/mol. The third-order valence-corrected chi connectivity index (χ3v) is 13.9. The van der Waals surface area contributed by atoms with Crippen LogP contribution in [0.4, 0.5) is 15.9 Å². The number of aromatic nitrogens is 3. The quantitative estimate of drug-likeness (QED) is 0.161. The number of nitrogens with zero attached hydrogens (tertiary/aromatic N) is 5. The molecule has 2 aromatic heterocycles. The van der Waals surface area contributed by atoms with Crippen LogP contribution in [0.2, 0.25) is 5.02 Å². The number of halogens is 2. The maximum Gasteiger partial charge on any atom is 0.319 e. The molecule has 0 bridgehead atoms. The molecule has 3 aromatic rings. The van der Waals surface area contributed by atoms with Crippen LogP contribution < -0.4 is 20.1 Å². The number of fused-ring (bicyclic) bond motifs is 2. The van der Waals surface area contributed by atoms with Gasteiger partial charge in [-0.05, 0) is 101 Å². The lowest BCUT2D eigenvalue weighted by atomic mass is 9.60. The average Bonchev–Trinajstić information content (AvgIpc) is 3.94. The molecular weight excluding hydrogens is 725 g/mol. The Morgan fingerprint density at radius 3 is 2.60 bits per heavy atom. The minimum absolute atomic E-state index is 0.0233. The van der Waals surface area contributed by atoms with Gasteiger partial charge in [0.15, 0.2) is 5.82 Å². The standard InChI is InChI=1S/C41H53ClFN7O5/c1-39(51)21-49(13-16-54-22-39)36-32-35(33(43)34(46-37(32)52-2)31-26(20-44)28(45)17-27(42)30(31)24-6-7-24)47-38(48-36)55-23-41-8-3-5-29(41)50(12-4-9-41)25-18-40(19-25)10-14-53-15-11-40/h17,20,24-25,29,44,51H,3-16,18-19,21-23,45H2,1-2H3. The highest BCUT2D eigenvalue weighted by atomic mass is 35.5. The largest absolute Gasteiger partial charge is 0.480 e. The van der Waals surface area contributed by atoms with Gasteiger partial charge in [0.2, 0.25) is 5.88 Å². The third-order valence-electron chi connectivity index (χ3n) is 13.6. The predicted molar refractivity (Wildman–Crippen MR) is 209 cm³/mol. The summed E-state index contributed by atoms with van der Waals surface area (Å²) in [5.74, 6) is -0.154. The van der Waals surface area contributed by atoms with Crippen LogP contribution in [0.15, 0.2) is 6.07 Å². The average molecular weight is 778 g/mol. The zero-order chi connectivity index (χ0) is 38.1. The van der Waals surface area contributed by atoms with Crippen LogP contribution in [-0.2, 0) is 9.47 Å². The summed E-state index contributed by atoms with van der Waals surface area (Å²) >= 11 is 6.79. The summed E-state index contributed by atoms with van der Waals surface area (Å²) in [5.41, 5.74) is 7.23. The summed E-state index contributed by atoms with van der Waals surface area (Å²) in [6, 6.07) is 2.71. The van der Waals surface area contributed by atoms with E-state index in [1.54, 1.807) is 13.0 Å². The first kappa shape index (κ1) is 37.2. The van der Waals surface area contributed by atoms with E-state index in [0.717, 1.165) is 76.5 Å². The van der Waals surface area contributed by atoms with E-state index in [2.05, 4.69) is 4.90 Å². The van der Waals surface area contributed by atoms with Crippen molar-refractivity contribution in [3.63, 3.8) is 0 Å². The molecular formula is C41H53ClFN7O5. The Hall–Kier alpha value is -3.36. The molecule has 3 saturated carbocycles. The van der Waals surface area contributed by atoms with Crippen molar-refractivity contribution in [3.05, 3.63) is 28.0 Å².